The minimum Gasteiger partial charge on any atom is -0.481 e. The lowest BCUT2D eigenvalue weighted by molar-refractivity contribution is -0.148. The summed E-state index contributed by atoms with van der Waals surface area (Å²) in [6.07, 6.45) is 2.50. The van der Waals surface area contributed by atoms with E-state index in [-0.39, 0.29) is 5.75 Å². The van der Waals surface area contributed by atoms with Crippen LogP contribution >= 0.6 is 0 Å². The van der Waals surface area contributed by atoms with E-state index in [2.05, 4.69) is 0 Å². The molecule has 0 fully saturated rings. The standard InChI is InChI=1S/C9H18O4S/c1-4-9(2,8(10)11)6-5-7-14(3,12)13/h4-7H2,1-3H3,(H,10,11). The number of sulfone groups is 1. The number of aliphatic carboxylic acids is 1. The van der Waals surface area contributed by atoms with Crippen LogP contribution in [-0.2, 0) is 14.6 Å². The molecule has 0 radical (unpaired) electrons. The summed E-state index contributed by atoms with van der Waals surface area (Å²) in [7, 11) is -2.97. The first-order valence-corrected chi connectivity index (χ1v) is 6.68. The van der Waals surface area contributed by atoms with Gasteiger partial charge in [0.2, 0.25) is 0 Å². The van der Waals surface area contributed by atoms with Crippen LogP contribution < -0.4 is 0 Å². The predicted molar refractivity (Wildman–Crippen MR) is 55.0 cm³/mol. The highest BCUT2D eigenvalue weighted by Gasteiger charge is 2.30. The number of hydrogen-bond donors (Lipinski definition) is 1. The number of carboxylic acid groups (broad SMARTS) is 1. The molecular formula is C9H18O4S. The van der Waals surface area contributed by atoms with Crippen molar-refractivity contribution in [1.82, 2.24) is 0 Å². The minimum atomic E-state index is -2.97. The zero-order valence-electron chi connectivity index (χ0n) is 8.91. The first-order valence-electron chi connectivity index (χ1n) is 4.62. The van der Waals surface area contributed by atoms with Crippen molar-refractivity contribution in [3.8, 4) is 0 Å². The Hall–Kier alpha value is -0.580. The highest BCUT2D eigenvalue weighted by Crippen LogP contribution is 2.27. The molecule has 5 heteroatoms. The number of carboxylic acids is 1. The summed E-state index contributed by atoms with van der Waals surface area (Å²) in [5.74, 6) is -0.788. The van der Waals surface area contributed by atoms with Crippen molar-refractivity contribution in [2.75, 3.05) is 12.0 Å². The summed E-state index contributed by atoms with van der Waals surface area (Å²) in [4.78, 5) is 10.9. The van der Waals surface area contributed by atoms with Crippen molar-refractivity contribution in [3.63, 3.8) is 0 Å². The molecule has 0 rings (SSSR count). The van der Waals surface area contributed by atoms with E-state index in [1.165, 1.54) is 0 Å². The number of rotatable bonds is 6. The molecular weight excluding hydrogens is 204 g/mol. The molecule has 14 heavy (non-hydrogen) atoms. The van der Waals surface area contributed by atoms with Crippen LogP contribution in [0.3, 0.4) is 0 Å². The van der Waals surface area contributed by atoms with Gasteiger partial charge in [0.15, 0.2) is 0 Å². The second-order valence-electron chi connectivity index (χ2n) is 3.95. The fraction of sp³-hybridized carbons (Fsp3) is 0.889. The van der Waals surface area contributed by atoms with Crippen LogP contribution in [0.4, 0.5) is 0 Å². The van der Waals surface area contributed by atoms with E-state index in [0.717, 1.165) is 6.26 Å². The van der Waals surface area contributed by atoms with Gasteiger partial charge in [-0.15, -0.1) is 0 Å². The molecule has 4 nitrogen and oxygen atoms in total. The summed E-state index contributed by atoms with van der Waals surface area (Å²) in [5, 5.41) is 8.91. The second-order valence-corrected chi connectivity index (χ2v) is 6.21. The van der Waals surface area contributed by atoms with Gasteiger partial charge in [0, 0.05) is 12.0 Å². The Morgan fingerprint density at radius 1 is 1.43 bits per heavy atom. The Morgan fingerprint density at radius 2 is 1.93 bits per heavy atom. The molecule has 1 unspecified atom stereocenters. The van der Waals surface area contributed by atoms with Crippen LogP contribution in [0, 0.1) is 5.41 Å². The van der Waals surface area contributed by atoms with Gasteiger partial charge in [-0.2, -0.15) is 0 Å². The van der Waals surface area contributed by atoms with Crippen LogP contribution in [0.1, 0.15) is 33.1 Å². The van der Waals surface area contributed by atoms with Gasteiger partial charge in [0.25, 0.3) is 0 Å². The van der Waals surface area contributed by atoms with Crippen LogP contribution in [0.5, 0.6) is 0 Å². The average Bonchev–Trinajstić information content (AvgIpc) is 2.01. The molecule has 0 saturated heterocycles. The van der Waals surface area contributed by atoms with Crippen molar-refractivity contribution in [2.24, 2.45) is 5.41 Å². The highest BCUT2D eigenvalue weighted by atomic mass is 32.2. The molecule has 1 N–H and O–H groups in total. The maximum atomic E-state index is 10.9. The fourth-order valence-corrected chi connectivity index (χ4v) is 1.83. The zero-order valence-corrected chi connectivity index (χ0v) is 9.73. The third-order valence-electron chi connectivity index (χ3n) is 2.54. The fourth-order valence-electron chi connectivity index (χ4n) is 1.16. The van der Waals surface area contributed by atoms with Crippen molar-refractivity contribution in [3.05, 3.63) is 0 Å². The second kappa shape index (κ2) is 4.77. The van der Waals surface area contributed by atoms with Gasteiger partial charge in [-0.05, 0) is 26.2 Å². The van der Waals surface area contributed by atoms with E-state index >= 15 is 0 Å². The van der Waals surface area contributed by atoms with Gasteiger partial charge in [-0.3, -0.25) is 4.79 Å². The number of carbonyl (C=O) groups is 1. The summed E-state index contributed by atoms with van der Waals surface area (Å²) < 4.78 is 21.7. The van der Waals surface area contributed by atoms with Gasteiger partial charge in [0.05, 0.1) is 5.41 Å². The summed E-state index contributed by atoms with van der Waals surface area (Å²) in [6, 6.07) is 0. The molecule has 0 spiro atoms. The van der Waals surface area contributed by atoms with Crippen molar-refractivity contribution >= 4 is 15.8 Å². The number of hydrogen-bond acceptors (Lipinski definition) is 3. The first kappa shape index (κ1) is 13.4. The van der Waals surface area contributed by atoms with Crippen LogP contribution in [-0.4, -0.2) is 31.5 Å². The lowest BCUT2D eigenvalue weighted by Gasteiger charge is -2.22. The minimum absolute atomic E-state index is 0.0653. The normalized spacial score (nSPS) is 16.2. The topological polar surface area (TPSA) is 71.4 Å². The van der Waals surface area contributed by atoms with Crippen molar-refractivity contribution in [2.45, 2.75) is 33.1 Å². The highest BCUT2D eigenvalue weighted by molar-refractivity contribution is 7.90. The van der Waals surface area contributed by atoms with Gasteiger partial charge >= 0.3 is 5.97 Å². The molecule has 0 aliphatic heterocycles. The van der Waals surface area contributed by atoms with Crippen LogP contribution in [0.25, 0.3) is 0 Å². The third-order valence-corrected chi connectivity index (χ3v) is 3.57. The third kappa shape index (κ3) is 4.60. The molecule has 0 amide bonds. The maximum Gasteiger partial charge on any atom is 0.309 e. The zero-order chi connectivity index (χ0) is 11.4. The van der Waals surface area contributed by atoms with E-state index in [0.29, 0.717) is 19.3 Å². The summed E-state index contributed by atoms with van der Waals surface area (Å²) in [5.41, 5.74) is -0.787. The molecule has 1 atom stereocenters. The van der Waals surface area contributed by atoms with Crippen LogP contribution in [0.2, 0.25) is 0 Å². The molecule has 0 aromatic carbocycles. The molecule has 0 heterocycles. The molecule has 0 aliphatic rings. The van der Waals surface area contributed by atoms with E-state index in [4.69, 9.17) is 5.11 Å². The largest absolute Gasteiger partial charge is 0.481 e. The summed E-state index contributed by atoms with van der Waals surface area (Å²) in [6.45, 7) is 3.45. The van der Waals surface area contributed by atoms with E-state index in [1.54, 1.807) is 13.8 Å². The SMILES string of the molecule is CCC(C)(CCCS(C)(=O)=O)C(=O)O. The Labute approximate surface area is 85.2 Å². The van der Waals surface area contributed by atoms with Crippen LogP contribution in [0.15, 0.2) is 0 Å². The van der Waals surface area contributed by atoms with Gasteiger partial charge in [-0.25, -0.2) is 8.42 Å². The van der Waals surface area contributed by atoms with E-state index < -0.39 is 21.2 Å². The Morgan fingerprint density at radius 3 is 2.21 bits per heavy atom. The molecule has 0 bridgehead atoms. The Bertz CT molecular complexity index is 294. The quantitative estimate of drug-likeness (QED) is 0.735. The lowest BCUT2D eigenvalue weighted by Crippen LogP contribution is -2.27. The molecule has 0 aromatic rings. The average molecular weight is 222 g/mol. The Balaban J connectivity index is 4.17. The summed E-state index contributed by atoms with van der Waals surface area (Å²) >= 11 is 0. The Kier molecular flexibility index (Phi) is 4.58. The molecule has 84 valence electrons. The molecule has 0 saturated carbocycles. The maximum absolute atomic E-state index is 10.9. The van der Waals surface area contributed by atoms with Gasteiger partial charge in [-0.1, -0.05) is 6.92 Å². The van der Waals surface area contributed by atoms with E-state index in [1.807, 2.05) is 0 Å². The van der Waals surface area contributed by atoms with Crippen molar-refractivity contribution in [1.29, 1.82) is 0 Å². The van der Waals surface area contributed by atoms with Gasteiger partial charge in [0.1, 0.15) is 9.84 Å². The predicted octanol–water partition coefficient (Wildman–Crippen LogP) is 1.31. The molecule has 0 aromatic heterocycles. The monoisotopic (exact) mass is 222 g/mol. The molecule has 0 aliphatic carbocycles. The van der Waals surface area contributed by atoms with E-state index in [9.17, 15) is 13.2 Å². The first-order chi connectivity index (χ1) is 6.21. The van der Waals surface area contributed by atoms with Gasteiger partial charge < -0.3 is 5.11 Å². The smallest absolute Gasteiger partial charge is 0.309 e. The van der Waals surface area contributed by atoms with Crippen molar-refractivity contribution < 1.29 is 18.3 Å². The lowest BCUT2D eigenvalue weighted by atomic mass is 9.83.